The van der Waals surface area contributed by atoms with Crippen molar-refractivity contribution in [1.29, 1.82) is 0 Å². The molecule has 0 saturated heterocycles. The Bertz CT molecular complexity index is 451. The van der Waals surface area contributed by atoms with Gasteiger partial charge in [-0.3, -0.25) is 4.57 Å². The van der Waals surface area contributed by atoms with Gasteiger partial charge in [-0.1, -0.05) is 12.1 Å². The standard InChI is InChI=1S/C11H12FN3/c1-13-6-9-7-14-8-15(9)11-5-3-2-4-10(11)12/h2-5,7-8,13H,6H2,1H3. The highest BCUT2D eigenvalue weighted by molar-refractivity contribution is 5.35. The Kier molecular flexibility index (Phi) is 2.78. The number of hydrogen-bond acceptors (Lipinski definition) is 2. The van der Waals surface area contributed by atoms with E-state index < -0.39 is 0 Å². The molecule has 0 radical (unpaired) electrons. The molecule has 0 fully saturated rings. The third-order valence-electron chi connectivity index (χ3n) is 2.19. The number of aromatic nitrogens is 2. The molecular weight excluding hydrogens is 193 g/mol. The molecule has 1 aromatic heterocycles. The number of nitrogens with one attached hydrogen (secondary N) is 1. The van der Waals surface area contributed by atoms with Crippen molar-refractivity contribution >= 4 is 0 Å². The zero-order valence-electron chi connectivity index (χ0n) is 8.44. The van der Waals surface area contributed by atoms with E-state index in [9.17, 15) is 4.39 Å². The SMILES string of the molecule is CNCc1cncn1-c1ccccc1F. The van der Waals surface area contributed by atoms with Gasteiger partial charge in [-0.05, 0) is 19.2 Å². The van der Waals surface area contributed by atoms with Gasteiger partial charge in [0.05, 0.1) is 17.7 Å². The molecule has 15 heavy (non-hydrogen) atoms. The third-order valence-corrected chi connectivity index (χ3v) is 2.19. The molecule has 0 amide bonds. The van der Waals surface area contributed by atoms with Crippen molar-refractivity contribution < 1.29 is 4.39 Å². The largest absolute Gasteiger partial charge is 0.314 e. The fourth-order valence-electron chi connectivity index (χ4n) is 1.50. The van der Waals surface area contributed by atoms with Gasteiger partial charge in [0, 0.05) is 12.7 Å². The van der Waals surface area contributed by atoms with Crippen LogP contribution in [0.15, 0.2) is 36.8 Å². The smallest absolute Gasteiger partial charge is 0.147 e. The molecule has 3 nitrogen and oxygen atoms in total. The van der Waals surface area contributed by atoms with Crippen LogP contribution in [-0.2, 0) is 6.54 Å². The molecular formula is C11H12FN3. The molecule has 0 aliphatic carbocycles. The summed E-state index contributed by atoms with van der Waals surface area (Å²) in [6.07, 6.45) is 3.34. The lowest BCUT2D eigenvalue weighted by molar-refractivity contribution is 0.614. The minimum absolute atomic E-state index is 0.243. The monoisotopic (exact) mass is 205 g/mol. The third kappa shape index (κ3) is 1.89. The Morgan fingerprint density at radius 2 is 2.20 bits per heavy atom. The predicted octanol–water partition coefficient (Wildman–Crippen LogP) is 1.73. The Labute approximate surface area is 87.6 Å². The molecule has 2 rings (SSSR count). The minimum atomic E-state index is -0.243. The Balaban J connectivity index is 2.45. The first kappa shape index (κ1) is 9.86. The summed E-state index contributed by atoms with van der Waals surface area (Å²) in [5.41, 5.74) is 1.46. The molecule has 0 spiro atoms. The van der Waals surface area contributed by atoms with Gasteiger partial charge < -0.3 is 5.32 Å². The summed E-state index contributed by atoms with van der Waals surface area (Å²) in [4.78, 5) is 4.01. The summed E-state index contributed by atoms with van der Waals surface area (Å²) in [6, 6.07) is 6.66. The van der Waals surface area contributed by atoms with Crippen LogP contribution in [0.2, 0.25) is 0 Å². The number of hydrogen-bond donors (Lipinski definition) is 1. The van der Waals surface area contributed by atoms with E-state index in [2.05, 4.69) is 10.3 Å². The molecule has 0 atom stereocenters. The number of para-hydroxylation sites is 1. The molecule has 0 bridgehead atoms. The topological polar surface area (TPSA) is 29.9 Å². The lowest BCUT2D eigenvalue weighted by Gasteiger charge is -2.08. The maximum atomic E-state index is 13.5. The van der Waals surface area contributed by atoms with Gasteiger partial charge in [0.2, 0.25) is 0 Å². The fraction of sp³-hybridized carbons (Fsp3) is 0.182. The first-order valence-electron chi connectivity index (χ1n) is 4.73. The van der Waals surface area contributed by atoms with Gasteiger partial charge >= 0.3 is 0 Å². The maximum absolute atomic E-state index is 13.5. The van der Waals surface area contributed by atoms with Crippen LogP contribution in [0.4, 0.5) is 4.39 Å². The van der Waals surface area contributed by atoms with Crippen LogP contribution >= 0.6 is 0 Å². The molecule has 4 heteroatoms. The van der Waals surface area contributed by atoms with Crippen LogP contribution < -0.4 is 5.32 Å². The lowest BCUT2D eigenvalue weighted by Crippen LogP contribution is -2.10. The van der Waals surface area contributed by atoms with E-state index in [4.69, 9.17) is 0 Å². The van der Waals surface area contributed by atoms with E-state index in [1.54, 1.807) is 29.2 Å². The lowest BCUT2D eigenvalue weighted by atomic mass is 10.3. The number of rotatable bonds is 3. The highest BCUT2D eigenvalue weighted by atomic mass is 19.1. The number of halogens is 1. The highest BCUT2D eigenvalue weighted by Gasteiger charge is 2.06. The average Bonchev–Trinajstić information content (AvgIpc) is 2.67. The van der Waals surface area contributed by atoms with E-state index in [0.717, 1.165) is 5.69 Å². The van der Waals surface area contributed by atoms with E-state index >= 15 is 0 Å². The normalized spacial score (nSPS) is 10.5. The Morgan fingerprint density at radius 3 is 2.93 bits per heavy atom. The first-order valence-corrected chi connectivity index (χ1v) is 4.73. The summed E-state index contributed by atoms with van der Waals surface area (Å²) in [6.45, 7) is 0.661. The number of imidazole rings is 1. The van der Waals surface area contributed by atoms with Gasteiger partial charge in [0.25, 0.3) is 0 Å². The summed E-state index contributed by atoms with van der Waals surface area (Å²) < 4.78 is 15.2. The van der Waals surface area contributed by atoms with E-state index in [1.807, 2.05) is 13.1 Å². The van der Waals surface area contributed by atoms with Crippen molar-refractivity contribution in [1.82, 2.24) is 14.9 Å². The quantitative estimate of drug-likeness (QED) is 0.827. The Hall–Kier alpha value is -1.68. The van der Waals surface area contributed by atoms with Crippen LogP contribution in [-0.4, -0.2) is 16.6 Å². The fourth-order valence-corrected chi connectivity index (χ4v) is 1.50. The molecule has 2 aromatic rings. The molecule has 0 aliphatic heterocycles. The van der Waals surface area contributed by atoms with Crippen molar-refractivity contribution in [2.75, 3.05) is 7.05 Å². The second kappa shape index (κ2) is 4.23. The second-order valence-corrected chi connectivity index (χ2v) is 3.24. The summed E-state index contributed by atoms with van der Waals surface area (Å²) in [7, 11) is 1.85. The number of benzene rings is 1. The molecule has 0 saturated carbocycles. The Morgan fingerprint density at radius 1 is 1.40 bits per heavy atom. The van der Waals surface area contributed by atoms with Crippen molar-refractivity contribution in [2.24, 2.45) is 0 Å². The highest BCUT2D eigenvalue weighted by Crippen LogP contribution is 2.14. The van der Waals surface area contributed by atoms with Crippen LogP contribution in [0.25, 0.3) is 5.69 Å². The molecule has 1 N–H and O–H groups in total. The molecule has 1 aromatic carbocycles. The van der Waals surface area contributed by atoms with Crippen LogP contribution in [0.1, 0.15) is 5.69 Å². The molecule has 78 valence electrons. The number of nitrogens with zero attached hydrogens (tertiary/aromatic N) is 2. The van der Waals surface area contributed by atoms with Crippen LogP contribution in [0.3, 0.4) is 0 Å². The molecule has 0 unspecified atom stereocenters. The zero-order valence-corrected chi connectivity index (χ0v) is 8.44. The second-order valence-electron chi connectivity index (χ2n) is 3.24. The summed E-state index contributed by atoms with van der Waals surface area (Å²) >= 11 is 0. The van der Waals surface area contributed by atoms with E-state index in [0.29, 0.717) is 12.2 Å². The first-order chi connectivity index (χ1) is 7.33. The molecule has 0 aliphatic rings. The summed E-state index contributed by atoms with van der Waals surface area (Å²) in [5, 5.41) is 3.02. The predicted molar refractivity (Wildman–Crippen MR) is 56.3 cm³/mol. The van der Waals surface area contributed by atoms with Gasteiger partial charge in [-0.15, -0.1) is 0 Å². The average molecular weight is 205 g/mol. The zero-order chi connectivity index (χ0) is 10.7. The maximum Gasteiger partial charge on any atom is 0.147 e. The summed E-state index contributed by atoms with van der Waals surface area (Å²) in [5.74, 6) is -0.243. The van der Waals surface area contributed by atoms with E-state index in [1.165, 1.54) is 6.07 Å². The van der Waals surface area contributed by atoms with Crippen molar-refractivity contribution in [3.05, 3.63) is 48.3 Å². The van der Waals surface area contributed by atoms with Crippen molar-refractivity contribution in [3.63, 3.8) is 0 Å². The van der Waals surface area contributed by atoms with Gasteiger partial charge in [-0.2, -0.15) is 0 Å². The van der Waals surface area contributed by atoms with Gasteiger partial charge in [0.1, 0.15) is 5.82 Å². The van der Waals surface area contributed by atoms with Crippen LogP contribution in [0.5, 0.6) is 0 Å². The van der Waals surface area contributed by atoms with E-state index in [-0.39, 0.29) is 5.82 Å². The minimum Gasteiger partial charge on any atom is -0.314 e. The van der Waals surface area contributed by atoms with Crippen LogP contribution in [0, 0.1) is 5.82 Å². The van der Waals surface area contributed by atoms with Gasteiger partial charge in [-0.25, -0.2) is 9.37 Å². The van der Waals surface area contributed by atoms with Gasteiger partial charge in [0.15, 0.2) is 0 Å². The van der Waals surface area contributed by atoms with Crippen molar-refractivity contribution in [3.8, 4) is 5.69 Å². The van der Waals surface area contributed by atoms with Crippen molar-refractivity contribution in [2.45, 2.75) is 6.54 Å². The molecule has 1 heterocycles.